The largest absolute Gasteiger partial charge is 0.314 e. The molecule has 2 heteroatoms. The molecule has 66 valence electrons. The van der Waals surface area contributed by atoms with Gasteiger partial charge in [-0.05, 0) is 0 Å². The van der Waals surface area contributed by atoms with Crippen LogP contribution >= 0.6 is 0 Å². The molecule has 3 fully saturated rings. The predicted octanol–water partition coefficient (Wildman–Crippen LogP) is 1.13. The molecule has 2 nitrogen and oxygen atoms in total. The van der Waals surface area contributed by atoms with Crippen molar-refractivity contribution in [2.75, 3.05) is 26.2 Å². The molecule has 1 aliphatic carbocycles. The minimum Gasteiger partial charge on any atom is -0.314 e. The molecule has 0 spiro atoms. The van der Waals surface area contributed by atoms with Gasteiger partial charge in [-0.25, -0.2) is 0 Å². The van der Waals surface area contributed by atoms with Crippen LogP contribution in [0.25, 0.3) is 0 Å². The summed E-state index contributed by atoms with van der Waals surface area (Å²) in [6.07, 6.45) is 7.50. The van der Waals surface area contributed by atoms with E-state index in [4.69, 9.17) is 0 Å². The molecule has 1 saturated carbocycles. The van der Waals surface area contributed by atoms with Gasteiger partial charge in [-0.3, -0.25) is 0 Å². The van der Waals surface area contributed by atoms with Crippen molar-refractivity contribution in [3.05, 3.63) is 0 Å². The maximum Gasteiger partial charge on any atom is 0.00772 e. The lowest BCUT2D eigenvalue weighted by atomic mass is 10.4. The SMILES string of the molecule is C1CCCC1.C1CN1.C1CN1. The molecule has 0 aromatic carbocycles. The Morgan fingerprint density at radius 3 is 0.727 bits per heavy atom. The van der Waals surface area contributed by atoms with Crippen LogP contribution in [0.1, 0.15) is 32.1 Å². The van der Waals surface area contributed by atoms with E-state index in [2.05, 4.69) is 10.6 Å². The summed E-state index contributed by atoms with van der Waals surface area (Å²) in [7, 11) is 0. The van der Waals surface area contributed by atoms with Crippen LogP contribution in [0.3, 0.4) is 0 Å². The van der Waals surface area contributed by atoms with Crippen LogP contribution in [-0.2, 0) is 0 Å². The number of hydrogen-bond acceptors (Lipinski definition) is 2. The summed E-state index contributed by atoms with van der Waals surface area (Å²) in [5.74, 6) is 0. The fourth-order valence-electron chi connectivity index (χ4n) is 0.884. The molecule has 0 unspecified atom stereocenters. The maximum absolute atomic E-state index is 3.00. The first-order valence-electron chi connectivity index (χ1n) is 4.91. The average Bonchev–Trinajstić information content (AvgIpc) is 2.90. The summed E-state index contributed by atoms with van der Waals surface area (Å²) in [5, 5.41) is 6.00. The molecule has 2 heterocycles. The van der Waals surface area contributed by atoms with Gasteiger partial charge in [-0.15, -0.1) is 0 Å². The summed E-state index contributed by atoms with van der Waals surface area (Å²) >= 11 is 0. The Kier molecular flexibility index (Phi) is 5.42. The van der Waals surface area contributed by atoms with Gasteiger partial charge in [-0.2, -0.15) is 0 Å². The first-order valence-corrected chi connectivity index (χ1v) is 4.91. The highest BCUT2D eigenvalue weighted by Crippen LogP contribution is 2.15. The van der Waals surface area contributed by atoms with Crippen molar-refractivity contribution in [2.24, 2.45) is 0 Å². The van der Waals surface area contributed by atoms with E-state index in [0.29, 0.717) is 0 Å². The molecule has 0 bridgehead atoms. The Morgan fingerprint density at radius 2 is 0.636 bits per heavy atom. The highest BCUT2D eigenvalue weighted by Gasteiger charge is 1.95. The van der Waals surface area contributed by atoms with Gasteiger partial charge >= 0.3 is 0 Å². The monoisotopic (exact) mass is 156 g/mol. The Balaban J connectivity index is 0.0000000871. The second-order valence-corrected chi connectivity index (χ2v) is 3.27. The minimum atomic E-state index is 1.25. The lowest BCUT2D eigenvalue weighted by molar-refractivity contribution is 0.886. The quantitative estimate of drug-likeness (QED) is 0.516. The van der Waals surface area contributed by atoms with E-state index < -0.39 is 0 Å². The van der Waals surface area contributed by atoms with Crippen molar-refractivity contribution >= 4 is 0 Å². The fraction of sp³-hybridized carbons (Fsp3) is 1.00. The zero-order chi connectivity index (χ0) is 7.78. The predicted molar refractivity (Wildman–Crippen MR) is 48.8 cm³/mol. The molecule has 0 amide bonds. The molecule has 3 rings (SSSR count). The van der Waals surface area contributed by atoms with Crippen LogP contribution in [0.15, 0.2) is 0 Å². The highest BCUT2D eigenvalue weighted by atomic mass is 15.0. The molecule has 0 aromatic heterocycles. The zero-order valence-corrected chi connectivity index (χ0v) is 7.36. The van der Waals surface area contributed by atoms with Crippen molar-refractivity contribution in [2.45, 2.75) is 32.1 Å². The zero-order valence-electron chi connectivity index (χ0n) is 7.36. The smallest absolute Gasteiger partial charge is 0.00772 e. The van der Waals surface area contributed by atoms with Gasteiger partial charge < -0.3 is 10.6 Å². The Bertz CT molecular complexity index is 56.5. The first kappa shape index (κ1) is 9.01. The number of nitrogens with one attached hydrogen (secondary N) is 2. The molecule has 0 atom stereocenters. The number of rotatable bonds is 0. The van der Waals surface area contributed by atoms with Crippen molar-refractivity contribution in [3.8, 4) is 0 Å². The topological polar surface area (TPSA) is 43.9 Å². The average molecular weight is 156 g/mol. The standard InChI is InChI=1S/C5H10.2C2H5N/c1-2-4-5-3-1;2*1-2-3-1/h1-5H2;2*3H,1-2H2. The second-order valence-electron chi connectivity index (χ2n) is 3.27. The maximum atomic E-state index is 3.00. The third kappa shape index (κ3) is 13.0. The summed E-state index contributed by atoms with van der Waals surface area (Å²) in [6, 6.07) is 0. The van der Waals surface area contributed by atoms with E-state index in [1.165, 1.54) is 58.3 Å². The molecule has 2 N–H and O–H groups in total. The van der Waals surface area contributed by atoms with E-state index in [1.54, 1.807) is 0 Å². The van der Waals surface area contributed by atoms with Gasteiger partial charge in [0.05, 0.1) is 0 Å². The van der Waals surface area contributed by atoms with E-state index >= 15 is 0 Å². The lowest BCUT2D eigenvalue weighted by Gasteiger charge is -1.67. The molecule has 3 aliphatic rings. The molecule has 2 saturated heterocycles. The molecular weight excluding hydrogens is 136 g/mol. The minimum absolute atomic E-state index is 1.25. The summed E-state index contributed by atoms with van der Waals surface area (Å²) in [6.45, 7) is 5.00. The fourth-order valence-corrected chi connectivity index (χ4v) is 0.884. The number of hydrogen-bond donors (Lipinski definition) is 2. The van der Waals surface area contributed by atoms with Gasteiger partial charge in [0.1, 0.15) is 0 Å². The van der Waals surface area contributed by atoms with Gasteiger partial charge in [0.2, 0.25) is 0 Å². The van der Waals surface area contributed by atoms with Crippen LogP contribution in [0.4, 0.5) is 0 Å². The van der Waals surface area contributed by atoms with Crippen LogP contribution in [0.5, 0.6) is 0 Å². The van der Waals surface area contributed by atoms with E-state index in [9.17, 15) is 0 Å². The Morgan fingerprint density at radius 1 is 0.455 bits per heavy atom. The van der Waals surface area contributed by atoms with E-state index in [1.807, 2.05) is 0 Å². The van der Waals surface area contributed by atoms with Crippen molar-refractivity contribution < 1.29 is 0 Å². The third-order valence-electron chi connectivity index (χ3n) is 1.75. The van der Waals surface area contributed by atoms with Crippen LogP contribution in [0, 0.1) is 0 Å². The summed E-state index contributed by atoms with van der Waals surface area (Å²) in [5.41, 5.74) is 0. The molecule has 0 radical (unpaired) electrons. The van der Waals surface area contributed by atoms with Gasteiger partial charge in [0.25, 0.3) is 0 Å². The van der Waals surface area contributed by atoms with Crippen LogP contribution < -0.4 is 10.6 Å². The molecule has 2 aliphatic heterocycles. The van der Waals surface area contributed by atoms with Crippen LogP contribution in [-0.4, -0.2) is 26.2 Å². The van der Waals surface area contributed by atoms with Crippen LogP contribution in [0.2, 0.25) is 0 Å². The molecule has 0 aromatic rings. The van der Waals surface area contributed by atoms with Gasteiger partial charge in [0.15, 0.2) is 0 Å². The second kappa shape index (κ2) is 6.62. The third-order valence-corrected chi connectivity index (χ3v) is 1.75. The van der Waals surface area contributed by atoms with Crippen molar-refractivity contribution in [3.63, 3.8) is 0 Å². The van der Waals surface area contributed by atoms with E-state index in [0.717, 1.165) is 0 Å². The van der Waals surface area contributed by atoms with Gasteiger partial charge in [-0.1, -0.05) is 32.1 Å². The van der Waals surface area contributed by atoms with Gasteiger partial charge in [0, 0.05) is 26.2 Å². The highest BCUT2D eigenvalue weighted by molar-refractivity contribution is 4.59. The molecule has 11 heavy (non-hydrogen) atoms. The Hall–Kier alpha value is -0.0800. The normalized spacial score (nSPS) is 24.0. The summed E-state index contributed by atoms with van der Waals surface area (Å²) in [4.78, 5) is 0. The van der Waals surface area contributed by atoms with E-state index in [-0.39, 0.29) is 0 Å². The van der Waals surface area contributed by atoms with Crippen molar-refractivity contribution in [1.82, 2.24) is 10.6 Å². The first-order chi connectivity index (χ1) is 5.50. The lowest BCUT2D eigenvalue weighted by Crippen LogP contribution is -1.56. The summed E-state index contributed by atoms with van der Waals surface area (Å²) < 4.78 is 0. The Labute approximate surface area is 69.8 Å². The van der Waals surface area contributed by atoms with Crippen molar-refractivity contribution in [1.29, 1.82) is 0 Å². The molecular formula is C9H20N2.